The molecule has 0 atom stereocenters. The lowest BCUT2D eigenvalue weighted by atomic mass is 10.1. The van der Waals surface area contributed by atoms with Gasteiger partial charge in [0, 0.05) is 17.8 Å². The number of aliphatic imine (C=N–C) groups is 1. The number of hydrogen-bond acceptors (Lipinski definition) is 3. The molecule has 2 amide bonds. The highest BCUT2D eigenvalue weighted by Gasteiger charge is 2.02. The van der Waals surface area contributed by atoms with E-state index in [1.807, 2.05) is 6.08 Å². The maximum Gasteiger partial charge on any atom is 0.316 e. The van der Waals surface area contributed by atoms with E-state index in [4.69, 9.17) is 11.5 Å². The third-order valence-electron chi connectivity index (χ3n) is 1.55. The zero-order chi connectivity index (χ0) is 9.68. The second-order valence-corrected chi connectivity index (χ2v) is 2.52. The number of nitrogens with two attached hydrogens (primary N) is 2. The Balaban J connectivity index is 2.55. The summed E-state index contributed by atoms with van der Waals surface area (Å²) in [6.45, 7) is 0.284. The number of allylic oxidation sites excluding steroid dienone is 3. The van der Waals surface area contributed by atoms with E-state index in [1.165, 1.54) is 0 Å². The molecule has 1 rings (SSSR count). The van der Waals surface area contributed by atoms with Gasteiger partial charge in [-0.15, -0.1) is 0 Å². The molecular weight excluding hydrogens is 168 g/mol. The molecule has 0 aromatic heterocycles. The van der Waals surface area contributed by atoms with Crippen molar-refractivity contribution in [1.82, 2.24) is 5.32 Å². The van der Waals surface area contributed by atoms with Crippen LogP contribution in [0.5, 0.6) is 0 Å². The van der Waals surface area contributed by atoms with E-state index in [2.05, 4.69) is 10.3 Å². The number of hydrogen-bond donors (Lipinski definition) is 3. The molecule has 0 bridgehead atoms. The molecule has 70 valence electrons. The van der Waals surface area contributed by atoms with Crippen molar-refractivity contribution in [2.45, 2.75) is 6.42 Å². The zero-order valence-electron chi connectivity index (χ0n) is 7.16. The van der Waals surface area contributed by atoms with E-state index in [0.29, 0.717) is 12.1 Å². The number of rotatable bonds is 2. The highest BCUT2D eigenvalue weighted by Crippen LogP contribution is 2.05. The van der Waals surface area contributed by atoms with Crippen LogP contribution < -0.4 is 16.8 Å². The Morgan fingerprint density at radius 2 is 2.38 bits per heavy atom. The normalized spacial score (nSPS) is 18.5. The Labute approximate surface area is 76.2 Å². The number of carbonyl (C=O) groups excluding carboxylic acids is 1. The van der Waals surface area contributed by atoms with Crippen LogP contribution in [0, 0.1) is 0 Å². The van der Waals surface area contributed by atoms with Gasteiger partial charge < -0.3 is 16.8 Å². The molecule has 0 saturated carbocycles. The molecule has 0 heterocycles. The van der Waals surface area contributed by atoms with Crippen molar-refractivity contribution in [2.24, 2.45) is 16.5 Å². The van der Waals surface area contributed by atoms with Gasteiger partial charge in [0.1, 0.15) is 0 Å². The minimum atomic E-state index is -0.560. The van der Waals surface area contributed by atoms with Crippen LogP contribution in [0.4, 0.5) is 4.79 Å². The fourth-order valence-electron chi connectivity index (χ4n) is 1.01. The smallest absolute Gasteiger partial charge is 0.316 e. The summed E-state index contributed by atoms with van der Waals surface area (Å²) in [5.74, 6) is 0. The van der Waals surface area contributed by atoms with Crippen molar-refractivity contribution >= 4 is 11.7 Å². The monoisotopic (exact) mass is 180 g/mol. The van der Waals surface area contributed by atoms with Gasteiger partial charge in [0.25, 0.3) is 0 Å². The number of nitrogens with zero attached hydrogens (tertiary/aromatic N) is 1. The summed E-state index contributed by atoms with van der Waals surface area (Å²) in [5.41, 5.74) is 11.8. The van der Waals surface area contributed by atoms with Gasteiger partial charge in [-0.05, 0) is 12.2 Å². The SMILES string of the molecule is NCN=C1C=CC(NC(N)=O)=CC1. The largest absolute Gasteiger partial charge is 0.351 e. The summed E-state index contributed by atoms with van der Waals surface area (Å²) < 4.78 is 0. The molecule has 5 N–H and O–H groups in total. The summed E-state index contributed by atoms with van der Waals surface area (Å²) >= 11 is 0. The van der Waals surface area contributed by atoms with Gasteiger partial charge in [0.2, 0.25) is 0 Å². The molecule has 5 nitrogen and oxygen atoms in total. The quantitative estimate of drug-likeness (QED) is 0.551. The average molecular weight is 180 g/mol. The molecule has 1 aliphatic rings. The average Bonchev–Trinajstić information content (AvgIpc) is 2.08. The molecule has 0 spiro atoms. The third kappa shape index (κ3) is 3.08. The first-order valence-corrected chi connectivity index (χ1v) is 3.90. The molecule has 0 unspecified atom stereocenters. The van der Waals surface area contributed by atoms with Crippen molar-refractivity contribution in [3.63, 3.8) is 0 Å². The lowest BCUT2D eigenvalue weighted by Gasteiger charge is -2.07. The summed E-state index contributed by atoms with van der Waals surface area (Å²) in [5, 5.41) is 2.47. The molecule has 0 fully saturated rings. The topological polar surface area (TPSA) is 93.5 Å². The van der Waals surface area contributed by atoms with Gasteiger partial charge in [-0.25, -0.2) is 4.79 Å². The van der Waals surface area contributed by atoms with Gasteiger partial charge >= 0.3 is 6.03 Å². The van der Waals surface area contributed by atoms with Crippen LogP contribution in [0.25, 0.3) is 0 Å². The molecule has 0 saturated heterocycles. The molecule has 0 aliphatic heterocycles. The molecule has 1 aliphatic carbocycles. The van der Waals surface area contributed by atoms with Crippen LogP contribution in [-0.4, -0.2) is 18.4 Å². The van der Waals surface area contributed by atoms with Gasteiger partial charge in [-0.3, -0.25) is 4.99 Å². The highest BCUT2D eigenvalue weighted by atomic mass is 16.2. The van der Waals surface area contributed by atoms with E-state index in [0.717, 1.165) is 5.71 Å². The lowest BCUT2D eigenvalue weighted by Crippen LogP contribution is -2.28. The van der Waals surface area contributed by atoms with Crippen LogP contribution in [-0.2, 0) is 0 Å². The van der Waals surface area contributed by atoms with Crippen molar-refractivity contribution in [3.05, 3.63) is 23.9 Å². The second kappa shape index (κ2) is 4.42. The summed E-state index contributed by atoms with van der Waals surface area (Å²) in [6.07, 6.45) is 6.05. The first kappa shape index (κ1) is 9.47. The number of primary amides is 1. The Bertz CT molecular complexity index is 291. The van der Waals surface area contributed by atoms with E-state index >= 15 is 0 Å². The summed E-state index contributed by atoms with van der Waals surface area (Å²) in [7, 11) is 0. The minimum Gasteiger partial charge on any atom is -0.351 e. The predicted molar refractivity (Wildman–Crippen MR) is 51.0 cm³/mol. The molecule has 0 aromatic rings. The third-order valence-corrected chi connectivity index (χ3v) is 1.55. The van der Waals surface area contributed by atoms with E-state index < -0.39 is 6.03 Å². The molecular formula is C8H12N4O. The first-order valence-electron chi connectivity index (χ1n) is 3.90. The summed E-state index contributed by atoms with van der Waals surface area (Å²) in [4.78, 5) is 14.5. The van der Waals surface area contributed by atoms with Crippen molar-refractivity contribution in [1.29, 1.82) is 0 Å². The molecule has 13 heavy (non-hydrogen) atoms. The van der Waals surface area contributed by atoms with E-state index in [1.54, 1.807) is 12.2 Å². The van der Waals surface area contributed by atoms with Gasteiger partial charge in [0.05, 0.1) is 6.67 Å². The zero-order valence-corrected chi connectivity index (χ0v) is 7.16. The first-order chi connectivity index (χ1) is 6.22. The predicted octanol–water partition coefficient (Wildman–Crippen LogP) is -0.144. The Kier molecular flexibility index (Phi) is 3.22. The number of carbonyl (C=O) groups is 1. The highest BCUT2D eigenvalue weighted by molar-refractivity contribution is 5.97. The van der Waals surface area contributed by atoms with E-state index in [-0.39, 0.29) is 6.67 Å². The van der Waals surface area contributed by atoms with E-state index in [9.17, 15) is 4.79 Å². The van der Waals surface area contributed by atoms with Crippen LogP contribution in [0.15, 0.2) is 28.9 Å². The Morgan fingerprint density at radius 1 is 1.62 bits per heavy atom. The van der Waals surface area contributed by atoms with Crippen LogP contribution in [0.2, 0.25) is 0 Å². The van der Waals surface area contributed by atoms with Gasteiger partial charge in [-0.1, -0.05) is 6.08 Å². The number of amides is 2. The standard InChI is InChI=1S/C8H12N4O/c9-5-11-6-1-3-7(4-2-6)12-8(10)13/h1,3-4H,2,5,9H2,(H3,10,12,13). The van der Waals surface area contributed by atoms with Crippen LogP contribution >= 0.6 is 0 Å². The van der Waals surface area contributed by atoms with Crippen LogP contribution in [0.3, 0.4) is 0 Å². The fraction of sp³-hybridized carbons (Fsp3) is 0.250. The lowest BCUT2D eigenvalue weighted by molar-refractivity contribution is 0.251. The number of nitrogens with one attached hydrogen (secondary N) is 1. The van der Waals surface area contributed by atoms with Crippen molar-refractivity contribution < 1.29 is 4.79 Å². The second-order valence-electron chi connectivity index (χ2n) is 2.52. The van der Waals surface area contributed by atoms with Gasteiger partial charge in [-0.2, -0.15) is 0 Å². The number of urea groups is 1. The summed E-state index contributed by atoms with van der Waals surface area (Å²) in [6, 6.07) is -0.560. The fourth-order valence-corrected chi connectivity index (χ4v) is 1.01. The van der Waals surface area contributed by atoms with Crippen molar-refractivity contribution in [3.8, 4) is 0 Å². The Hall–Kier alpha value is -1.62. The minimum absolute atomic E-state index is 0.284. The molecule has 0 radical (unpaired) electrons. The van der Waals surface area contributed by atoms with Crippen molar-refractivity contribution in [2.75, 3.05) is 6.67 Å². The van der Waals surface area contributed by atoms with Crippen LogP contribution in [0.1, 0.15) is 6.42 Å². The Morgan fingerprint density at radius 3 is 2.85 bits per heavy atom. The molecule has 0 aromatic carbocycles. The van der Waals surface area contributed by atoms with Gasteiger partial charge in [0.15, 0.2) is 0 Å². The maximum atomic E-state index is 10.5. The maximum absolute atomic E-state index is 10.5. The molecule has 5 heteroatoms.